The Hall–Kier alpha value is -2.31. The molecule has 0 radical (unpaired) electrons. The lowest BCUT2D eigenvalue weighted by molar-refractivity contribution is 0.241. The third-order valence-electron chi connectivity index (χ3n) is 5.55. The molecule has 6 heteroatoms. The lowest BCUT2D eigenvalue weighted by Crippen LogP contribution is -2.35. The van der Waals surface area contributed by atoms with E-state index in [0.717, 1.165) is 50.0 Å². The minimum absolute atomic E-state index is 0.168. The van der Waals surface area contributed by atoms with Gasteiger partial charge in [-0.1, -0.05) is 18.2 Å². The number of nitrogens with one attached hydrogen (secondary N) is 1. The zero-order valence-corrected chi connectivity index (χ0v) is 15.3. The first-order chi connectivity index (χ1) is 12.7. The van der Waals surface area contributed by atoms with Gasteiger partial charge in [0.05, 0.1) is 5.52 Å². The molecule has 1 N–H and O–H groups in total. The minimum Gasteiger partial charge on any atom is -0.334 e. The van der Waals surface area contributed by atoms with Crippen molar-refractivity contribution in [3.63, 3.8) is 0 Å². The van der Waals surface area contributed by atoms with Crippen LogP contribution in [0.5, 0.6) is 0 Å². The lowest BCUT2D eigenvalue weighted by Gasteiger charge is -2.28. The molecule has 3 aromatic rings. The molecule has 5 rings (SSSR count). The van der Waals surface area contributed by atoms with Crippen molar-refractivity contribution in [1.29, 1.82) is 0 Å². The van der Waals surface area contributed by atoms with Crippen molar-refractivity contribution in [3.05, 3.63) is 68.0 Å². The van der Waals surface area contributed by atoms with Crippen LogP contribution < -0.4 is 5.56 Å². The summed E-state index contributed by atoms with van der Waals surface area (Å²) in [6.07, 6.45) is 4.88. The standard InChI is InChI=1S/C20H20N4OS/c25-19-15(9-14-4-1-3-13-5-2-7-24(19)18(13)14)11-23-8-6-17-16(12-23)10-21-20(26)22-17/h1,3-4,9-10H,2,5-8,11-12H2,(H,21,22,26). The van der Waals surface area contributed by atoms with Gasteiger partial charge in [-0.25, -0.2) is 4.98 Å². The van der Waals surface area contributed by atoms with E-state index in [1.165, 1.54) is 22.2 Å². The summed E-state index contributed by atoms with van der Waals surface area (Å²) in [6, 6.07) is 8.47. The molecule has 0 atom stereocenters. The Morgan fingerprint density at radius 3 is 3.04 bits per heavy atom. The molecule has 0 unspecified atom stereocenters. The molecule has 0 saturated heterocycles. The van der Waals surface area contributed by atoms with Gasteiger partial charge in [0.1, 0.15) is 0 Å². The Bertz CT molecular complexity index is 1130. The summed E-state index contributed by atoms with van der Waals surface area (Å²) >= 11 is 5.11. The largest absolute Gasteiger partial charge is 0.334 e. The number of hydrogen-bond donors (Lipinski definition) is 1. The van der Waals surface area contributed by atoms with Gasteiger partial charge in [0.25, 0.3) is 5.56 Å². The molecule has 0 spiro atoms. The molecule has 0 bridgehead atoms. The number of pyridine rings is 1. The fourth-order valence-electron chi connectivity index (χ4n) is 4.32. The SMILES string of the molecule is O=c1c(CN2CCc3[nH]c(=S)ncc3C2)cc2cccc3c2n1CCC3. The predicted molar refractivity (Wildman–Crippen MR) is 104 cm³/mol. The number of benzene rings is 1. The van der Waals surface area contributed by atoms with Crippen LogP contribution in [0.15, 0.2) is 35.3 Å². The van der Waals surface area contributed by atoms with E-state index in [9.17, 15) is 4.79 Å². The highest BCUT2D eigenvalue weighted by Crippen LogP contribution is 2.25. The fourth-order valence-corrected chi connectivity index (χ4v) is 4.49. The third kappa shape index (κ3) is 2.61. The van der Waals surface area contributed by atoms with E-state index >= 15 is 0 Å². The maximum atomic E-state index is 13.1. The first-order valence-corrected chi connectivity index (χ1v) is 9.53. The summed E-state index contributed by atoms with van der Waals surface area (Å²) in [5.41, 5.74) is 5.84. The first kappa shape index (κ1) is 15.9. The van der Waals surface area contributed by atoms with Crippen LogP contribution in [0.3, 0.4) is 0 Å². The fraction of sp³-hybridized carbons (Fsp3) is 0.350. The average Bonchev–Trinajstić information content (AvgIpc) is 2.66. The molecule has 132 valence electrons. The number of nitrogens with zero attached hydrogens (tertiary/aromatic N) is 3. The molecule has 0 aliphatic carbocycles. The predicted octanol–water partition coefficient (Wildman–Crippen LogP) is 2.96. The number of aryl methyl sites for hydroxylation is 2. The molecule has 26 heavy (non-hydrogen) atoms. The Kier molecular flexibility index (Phi) is 3.76. The van der Waals surface area contributed by atoms with Crippen molar-refractivity contribution in [2.24, 2.45) is 0 Å². The van der Waals surface area contributed by atoms with E-state index in [1.807, 2.05) is 10.8 Å². The zero-order valence-electron chi connectivity index (χ0n) is 14.5. The number of rotatable bonds is 2. The molecule has 2 aliphatic heterocycles. The summed E-state index contributed by atoms with van der Waals surface area (Å²) in [5.74, 6) is 0. The highest BCUT2D eigenvalue weighted by molar-refractivity contribution is 7.71. The lowest BCUT2D eigenvalue weighted by atomic mass is 9.99. The van der Waals surface area contributed by atoms with Crippen molar-refractivity contribution in [2.75, 3.05) is 6.54 Å². The van der Waals surface area contributed by atoms with Crippen LogP contribution in [0.2, 0.25) is 0 Å². The Morgan fingerprint density at radius 1 is 1.19 bits per heavy atom. The van der Waals surface area contributed by atoms with Crippen molar-refractivity contribution < 1.29 is 0 Å². The van der Waals surface area contributed by atoms with E-state index in [4.69, 9.17) is 12.2 Å². The van der Waals surface area contributed by atoms with Crippen molar-refractivity contribution >= 4 is 23.1 Å². The molecule has 2 aromatic heterocycles. The quantitative estimate of drug-likeness (QED) is 0.711. The number of para-hydroxylation sites is 1. The summed E-state index contributed by atoms with van der Waals surface area (Å²) in [4.78, 5) is 22.8. The van der Waals surface area contributed by atoms with E-state index in [0.29, 0.717) is 11.3 Å². The van der Waals surface area contributed by atoms with Crippen LogP contribution >= 0.6 is 12.2 Å². The second-order valence-corrected chi connectivity index (χ2v) is 7.62. The van der Waals surface area contributed by atoms with E-state index in [-0.39, 0.29) is 5.56 Å². The van der Waals surface area contributed by atoms with Crippen LogP contribution in [0, 0.1) is 4.77 Å². The van der Waals surface area contributed by atoms with E-state index < -0.39 is 0 Å². The van der Waals surface area contributed by atoms with Gasteiger partial charge in [0.2, 0.25) is 0 Å². The molecular weight excluding hydrogens is 344 g/mol. The number of aromatic amines is 1. The maximum Gasteiger partial charge on any atom is 0.255 e. The molecule has 0 fully saturated rings. The topological polar surface area (TPSA) is 53.9 Å². The summed E-state index contributed by atoms with van der Waals surface area (Å²) in [6.45, 7) is 3.21. The highest BCUT2D eigenvalue weighted by Gasteiger charge is 2.21. The first-order valence-electron chi connectivity index (χ1n) is 9.13. The maximum absolute atomic E-state index is 13.1. The van der Waals surface area contributed by atoms with Crippen LogP contribution in [-0.2, 0) is 32.5 Å². The Labute approximate surface area is 156 Å². The van der Waals surface area contributed by atoms with E-state index in [1.54, 1.807) is 0 Å². The minimum atomic E-state index is 0.168. The normalized spacial score (nSPS) is 16.6. The third-order valence-corrected chi connectivity index (χ3v) is 5.75. The van der Waals surface area contributed by atoms with Gasteiger partial charge in [-0.2, -0.15) is 0 Å². The second-order valence-electron chi connectivity index (χ2n) is 7.24. The number of aromatic nitrogens is 3. The van der Waals surface area contributed by atoms with Crippen molar-refractivity contribution in [1.82, 2.24) is 19.4 Å². The molecule has 4 heterocycles. The molecule has 5 nitrogen and oxygen atoms in total. The number of H-pyrrole nitrogens is 1. The summed E-state index contributed by atoms with van der Waals surface area (Å²) in [5, 5.41) is 1.18. The van der Waals surface area contributed by atoms with Crippen LogP contribution in [0.1, 0.15) is 28.8 Å². The van der Waals surface area contributed by atoms with Crippen molar-refractivity contribution in [2.45, 2.75) is 38.9 Å². The van der Waals surface area contributed by atoms with Gasteiger partial charge < -0.3 is 9.55 Å². The second kappa shape index (κ2) is 6.14. The zero-order chi connectivity index (χ0) is 17.7. The van der Waals surface area contributed by atoms with Gasteiger partial charge in [0, 0.05) is 55.6 Å². The van der Waals surface area contributed by atoms with Crippen LogP contribution in [0.25, 0.3) is 10.9 Å². The average molecular weight is 364 g/mol. The number of hydrogen-bond acceptors (Lipinski definition) is 4. The highest BCUT2D eigenvalue weighted by atomic mass is 32.1. The van der Waals surface area contributed by atoms with Gasteiger partial charge in [0.15, 0.2) is 4.77 Å². The molecule has 2 aliphatic rings. The van der Waals surface area contributed by atoms with Gasteiger partial charge in [-0.15, -0.1) is 0 Å². The van der Waals surface area contributed by atoms with Gasteiger partial charge in [-0.05, 0) is 42.1 Å². The van der Waals surface area contributed by atoms with Crippen LogP contribution in [0.4, 0.5) is 0 Å². The monoisotopic (exact) mass is 364 g/mol. The molecule has 1 aromatic carbocycles. The van der Waals surface area contributed by atoms with Gasteiger partial charge in [-0.3, -0.25) is 9.69 Å². The number of fused-ring (bicyclic) bond motifs is 1. The van der Waals surface area contributed by atoms with E-state index in [2.05, 4.69) is 39.1 Å². The molecular formula is C20H20N4OS. The Balaban J connectivity index is 1.51. The summed E-state index contributed by atoms with van der Waals surface area (Å²) in [7, 11) is 0. The van der Waals surface area contributed by atoms with Crippen molar-refractivity contribution in [3.8, 4) is 0 Å². The summed E-state index contributed by atoms with van der Waals surface area (Å²) < 4.78 is 2.53. The Morgan fingerprint density at radius 2 is 2.12 bits per heavy atom. The molecule has 0 saturated carbocycles. The van der Waals surface area contributed by atoms with Crippen LogP contribution in [-0.4, -0.2) is 26.0 Å². The smallest absolute Gasteiger partial charge is 0.255 e. The van der Waals surface area contributed by atoms with Gasteiger partial charge >= 0.3 is 0 Å². The molecule has 0 amide bonds.